The quantitative estimate of drug-likeness (QED) is 0.293. The Bertz CT molecular complexity index is 79.0. The Labute approximate surface area is 104 Å². The Hall–Kier alpha value is 1.12. The minimum atomic E-state index is -1.05. The third-order valence-electron chi connectivity index (χ3n) is 0.112. The van der Waals surface area contributed by atoms with Crippen molar-refractivity contribution >= 4 is 60.8 Å². The average Bonchev–Trinajstić information content (AvgIpc) is 2.18. The molecule has 3 N–H and O–H groups in total. The van der Waals surface area contributed by atoms with Gasteiger partial charge in [0.15, 0.2) is 0 Å². The van der Waals surface area contributed by atoms with E-state index in [9.17, 15) is 0 Å². The van der Waals surface area contributed by atoms with Crippen molar-refractivity contribution in [3.05, 3.63) is 0 Å². The summed E-state index contributed by atoms with van der Waals surface area (Å²) in [7, 11) is -3.16. The van der Waals surface area contributed by atoms with Gasteiger partial charge in [0.05, 0.1) is 0 Å². The van der Waals surface area contributed by atoms with Crippen LogP contribution >= 0.6 is 26.1 Å². The van der Waals surface area contributed by atoms with Crippen molar-refractivity contribution in [2.75, 3.05) is 0 Å². The van der Waals surface area contributed by atoms with Crippen LogP contribution in [0.15, 0.2) is 0 Å². The first-order valence-electron chi connectivity index (χ1n) is 1.77. The normalized spacial score (nSPS) is 7.07. The van der Waals surface area contributed by atoms with Crippen LogP contribution in [-0.4, -0.2) is 50.5 Å². The van der Waals surface area contributed by atoms with Crippen LogP contribution in [0, 0.1) is 0 Å². The van der Waals surface area contributed by atoms with Crippen LogP contribution < -0.4 is 0 Å². The maximum atomic E-state index is 8.85. The van der Waals surface area contributed by atoms with E-state index in [1.54, 1.807) is 0 Å². The largest absolute Gasteiger partial charge is 0.526 e. The molecule has 3 atom stereocenters. The van der Waals surface area contributed by atoms with Crippen molar-refractivity contribution < 1.29 is 43.5 Å². The van der Waals surface area contributed by atoms with Gasteiger partial charge >= 0.3 is 26.1 Å². The van der Waals surface area contributed by atoms with Crippen LogP contribution in [-0.2, 0) is 27.7 Å². The Morgan fingerprint density at radius 3 is 0.714 bits per heavy atom. The monoisotopic (exact) mass is 297 g/mol. The molecule has 0 saturated carbocycles. The highest BCUT2D eigenvalue weighted by atomic mass is 31.1. The summed E-state index contributed by atoms with van der Waals surface area (Å²) in [5.74, 6) is 0. The second kappa shape index (κ2) is 47.9. The van der Waals surface area contributed by atoms with E-state index in [0.717, 1.165) is 0 Å². The van der Waals surface area contributed by atoms with Crippen molar-refractivity contribution in [2.45, 2.75) is 0 Å². The lowest BCUT2D eigenvalue weighted by Gasteiger charge is -1.42. The molecule has 14 heteroatoms. The second-order valence-corrected chi connectivity index (χ2v) is 1.57. The zero-order valence-electron chi connectivity index (χ0n) is 6.45. The van der Waals surface area contributed by atoms with Crippen molar-refractivity contribution in [1.29, 1.82) is 0 Å². The highest BCUT2D eigenvalue weighted by Gasteiger charge is 1.70. The van der Waals surface area contributed by atoms with Crippen molar-refractivity contribution in [2.24, 2.45) is 0 Å². The van der Waals surface area contributed by atoms with Gasteiger partial charge in [-0.15, -0.1) is 0 Å². The SMILES string of the molecule is O=[PH+]OO.O=[PH+]OO.O=[PH+]OO.[Al].[Al]. The molecule has 0 aliphatic rings. The molecule has 0 spiro atoms. The molecular formula is H6Al2O9P3+3. The van der Waals surface area contributed by atoms with Crippen molar-refractivity contribution in [1.82, 2.24) is 0 Å². The smallest absolute Gasteiger partial charge is 0.205 e. The molecule has 0 aromatic carbocycles. The van der Waals surface area contributed by atoms with E-state index in [-0.39, 0.29) is 34.7 Å². The molecule has 14 heavy (non-hydrogen) atoms. The summed E-state index contributed by atoms with van der Waals surface area (Å²) < 4.78 is 35.6. The van der Waals surface area contributed by atoms with Gasteiger partial charge in [0.2, 0.25) is 0 Å². The van der Waals surface area contributed by atoms with Crippen LogP contribution in [0.2, 0.25) is 0 Å². The van der Waals surface area contributed by atoms with Gasteiger partial charge in [-0.2, -0.15) is 0 Å². The third-order valence-corrected chi connectivity index (χ3v) is 0.335. The summed E-state index contributed by atoms with van der Waals surface area (Å²) >= 11 is 0. The van der Waals surface area contributed by atoms with Crippen LogP contribution in [0.3, 0.4) is 0 Å². The fourth-order valence-corrected chi connectivity index (χ4v) is 0. The average molecular weight is 297 g/mol. The van der Waals surface area contributed by atoms with Gasteiger partial charge in [-0.05, 0) is 13.7 Å². The lowest BCUT2D eigenvalue weighted by molar-refractivity contribution is -0.125. The summed E-state index contributed by atoms with van der Waals surface area (Å²) in [5.41, 5.74) is 0. The number of hydrogen-bond acceptors (Lipinski definition) is 9. The minimum absolute atomic E-state index is 0. The molecule has 0 saturated heterocycles. The lowest BCUT2D eigenvalue weighted by atomic mass is 15.0. The Balaban J connectivity index is -0.0000000270. The highest BCUT2D eigenvalue weighted by molar-refractivity contribution is 7.17. The summed E-state index contributed by atoms with van der Waals surface area (Å²) in [5, 5.41) is 21.2. The van der Waals surface area contributed by atoms with Gasteiger partial charge in [0, 0.05) is 48.7 Å². The molecule has 0 aliphatic heterocycles. The Kier molecular flexibility index (Phi) is 101. The standard InChI is InChI=1S/2Al.3HO3P/c;;3*1-3-4-2/h;;3*4H/p+3. The molecule has 0 amide bonds. The number of hydrogen-bond donors (Lipinski definition) is 3. The van der Waals surface area contributed by atoms with E-state index < -0.39 is 26.1 Å². The van der Waals surface area contributed by atoms with Gasteiger partial charge in [-0.3, -0.25) is 0 Å². The van der Waals surface area contributed by atoms with Crippen molar-refractivity contribution in [3.63, 3.8) is 0 Å². The molecule has 6 radical (unpaired) electrons. The van der Waals surface area contributed by atoms with E-state index in [0.29, 0.717) is 0 Å². The maximum Gasteiger partial charge on any atom is 0.526 e. The summed E-state index contributed by atoms with van der Waals surface area (Å²) in [6, 6.07) is 0. The highest BCUT2D eigenvalue weighted by Crippen LogP contribution is 1.83. The van der Waals surface area contributed by atoms with E-state index in [1.165, 1.54) is 0 Å². The summed E-state index contributed by atoms with van der Waals surface area (Å²) in [4.78, 5) is 0. The topological polar surface area (TPSA) is 140 Å². The van der Waals surface area contributed by atoms with Gasteiger partial charge in [-0.1, -0.05) is 0 Å². The molecule has 0 fully saturated rings. The van der Waals surface area contributed by atoms with Crippen LogP contribution in [0.4, 0.5) is 0 Å². The maximum absolute atomic E-state index is 8.85. The van der Waals surface area contributed by atoms with E-state index >= 15 is 0 Å². The molecular weight excluding hydrogens is 291 g/mol. The molecule has 3 unspecified atom stereocenters. The first-order chi connectivity index (χ1) is 5.74. The van der Waals surface area contributed by atoms with E-state index in [2.05, 4.69) is 14.0 Å². The van der Waals surface area contributed by atoms with Crippen LogP contribution in [0.25, 0.3) is 0 Å². The zero-order chi connectivity index (χ0) is 10.2. The Morgan fingerprint density at radius 1 is 0.643 bits per heavy atom. The van der Waals surface area contributed by atoms with Gasteiger partial charge < -0.3 is 0 Å². The predicted octanol–water partition coefficient (Wildman–Crippen LogP) is 0.483. The predicted molar refractivity (Wildman–Crippen MR) is 49.7 cm³/mol. The van der Waals surface area contributed by atoms with E-state index in [4.69, 9.17) is 29.5 Å². The van der Waals surface area contributed by atoms with Crippen molar-refractivity contribution in [3.8, 4) is 0 Å². The molecule has 9 nitrogen and oxygen atoms in total. The van der Waals surface area contributed by atoms with E-state index in [1.807, 2.05) is 0 Å². The molecule has 0 heterocycles. The van der Waals surface area contributed by atoms with Gasteiger partial charge in [-0.25, -0.2) is 15.8 Å². The molecule has 0 rings (SSSR count). The fraction of sp³-hybridized carbons (Fsp3) is 0. The fourth-order valence-electron chi connectivity index (χ4n) is 0. The Morgan fingerprint density at radius 2 is 0.714 bits per heavy atom. The minimum Gasteiger partial charge on any atom is -0.205 e. The van der Waals surface area contributed by atoms with Crippen LogP contribution in [0.1, 0.15) is 0 Å². The first-order valence-corrected chi connectivity index (χ1v) is 4.22. The summed E-state index contributed by atoms with van der Waals surface area (Å²) in [6.45, 7) is 0. The third kappa shape index (κ3) is 113. The molecule has 0 aliphatic carbocycles. The molecule has 0 aromatic rings. The number of rotatable bonds is 3. The van der Waals surface area contributed by atoms with Gasteiger partial charge in [0.25, 0.3) is 0 Å². The molecule has 78 valence electrons. The first kappa shape index (κ1) is 29.4. The molecule has 0 bridgehead atoms. The lowest BCUT2D eigenvalue weighted by Crippen LogP contribution is -1.45. The van der Waals surface area contributed by atoms with Gasteiger partial charge in [0.1, 0.15) is 0 Å². The summed E-state index contributed by atoms with van der Waals surface area (Å²) in [6.07, 6.45) is 0. The molecule has 0 aromatic heterocycles. The van der Waals surface area contributed by atoms with Crippen LogP contribution in [0.5, 0.6) is 0 Å². The zero-order valence-corrected chi connectivity index (χ0v) is 11.8. The second-order valence-electron chi connectivity index (χ2n) is 0.524.